The Morgan fingerprint density at radius 1 is 1.38 bits per heavy atom. The Hall–Kier alpha value is -1.35. The van der Waals surface area contributed by atoms with Gasteiger partial charge in [0.15, 0.2) is 0 Å². The highest BCUT2D eigenvalue weighted by atomic mass is 32.2. The van der Waals surface area contributed by atoms with Crippen LogP contribution < -0.4 is 4.72 Å². The highest BCUT2D eigenvalue weighted by molar-refractivity contribution is 7.88. The fourth-order valence-corrected chi connectivity index (χ4v) is 2.11. The number of rotatable bonds is 4. The van der Waals surface area contributed by atoms with Crippen LogP contribution in [0.4, 0.5) is 0 Å². The fraction of sp³-hybridized carbons (Fsp3) is 0.250. The Kier molecular flexibility index (Phi) is 4.07. The molecule has 0 aliphatic carbocycles. The average Bonchev–Trinajstić information content (AvgIpc) is 2.25. The summed E-state index contributed by atoms with van der Waals surface area (Å²) in [6, 6.07) is 8.95. The average molecular weight is 237 g/mol. The Labute approximate surface area is 96.6 Å². The van der Waals surface area contributed by atoms with Crippen LogP contribution in [0, 0.1) is 0 Å². The lowest BCUT2D eigenvalue weighted by Gasteiger charge is -2.17. The molecule has 1 rings (SSSR count). The standard InChI is InChI=1S/C12H15NO2S/c1-4-10(2)12(13-16(3,14)15)11-8-6-5-7-9-11/h5-9,12-13H,1H2,2-3H3. The van der Waals surface area contributed by atoms with Crippen molar-refractivity contribution in [3.05, 3.63) is 53.8 Å². The molecule has 1 atom stereocenters. The lowest BCUT2D eigenvalue weighted by atomic mass is 10.0. The van der Waals surface area contributed by atoms with Crippen LogP contribution in [0.3, 0.4) is 0 Å². The molecule has 1 N–H and O–H groups in total. The van der Waals surface area contributed by atoms with E-state index in [0.29, 0.717) is 0 Å². The van der Waals surface area contributed by atoms with E-state index in [1.807, 2.05) is 30.3 Å². The van der Waals surface area contributed by atoms with Gasteiger partial charge in [-0.3, -0.25) is 0 Å². The van der Waals surface area contributed by atoms with E-state index in [2.05, 4.69) is 17.0 Å². The summed E-state index contributed by atoms with van der Waals surface area (Å²) in [5.41, 5.74) is 4.35. The summed E-state index contributed by atoms with van der Waals surface area (Å²) in [6.07, 6.45) is 1.14. The molecular weight excluding hydrogens is 222 g/mol. The van der Waals surface area contributed by atoms with Crippen molar-refractivity contribution < 1.29 is 8.42 Å². The Bertz CT molecular complexity index is 499. The van der Waals surface area contributed by atoms with E-state index >= 15 is 0 Å². The van der Waals surface area contributed by atoms with E-state index in [-0.39, 0.29) is 0 Å². The Balaban J connectivity index is 3.12. The maximum atomic E-state index is 11.3. The normalized spacial score (nSPS) is 12.9. The van der Waals surface area contributed by atoms with E-state index in [1.165, 1.54) is 0 Å². The second-order valence-corrected chi connectivity index (χ2v) is 5.37. The van der Waals surface area contributed by atoms with Crippen LogP contribution in [0.25, 0.3) is 0 Å². The van der Waals surface area contributed by atoms with Gasteiger partial charge >= 0.3 is 0 Å². The summed E-state index contributed by atoms with van der Waals surface area (Å²) in [4.78, 5) is 0. The van der Waals surface area contributed by atoms with E-state index < -0.39 is 16.1 Å². The third-order valence-electron chi connectivity index (χ3n) is 2.18. The van der Waals surface area contributed by atoms with E-state index in [4.69, 9.17) is 0 Å². The molecule has 4 heteroatoms. The second-order valence-electron chi connectivity index (χ2n) is 3.59. The Morgan fingerprint density at radius 2 is 1.94 bits per heavy atom. The molecule has 0 saturated carbocycles. The number of sulfonamides is 1. The van der Waals surface area contributed by atoms with Crippen molar-refractivity contribution in [1.29, 1.82) is 0 Å². The molecule has 0 aliphatic rings. The molecule has 0 saturated heterocycles. The zero-order valence-corrected chi connectivity index (χ0v) is 10.2. The number of benzene rings is 1. The van der Waals surface area contributed by atoms with Gasteiger partial charge in [-0.2, -0.15) is 0 Å². The van der Waals surface area contributed by atoms with Gasteiger partial charge in [-0.05, 0) is 18.1 Å². The first-order valence-corrected chi connectivity index (χ1v) is 6.72. The molecule has 0 bridgehead atoms. The minimum absolute atomic E-state index is 0.395. The van der Waals surface area contributed by atoms with Gasteiger partial charge in [0.1, 0.15) is 0 Å². The smallest absolute Gasteiger partial charge is 0.209 e. The fourth-order valence-electron chi connectivity index (χ4n) is 1.37. The van der Waals surface area contributed by atoms with Crippen LogP contribution in [0.2, 0.25) is 0 Å². The molecular formula is C12H15NO2S. The topological polar surface area (TPSA) is 46.2 Å². The van der Waals surface area contributed by atoms with E-state index in [0.717, 1.165) is 17.4 Å². The molecule has 0 aromatic heterocycles. The van der Waals surface area contributed by atoms with Crippen LogP contribution in [0.5, 0.6) is 0 Å². The SMILES string of the molecule is C=C=C(C)C(NS(C)(=O)=O)c1ccccc1. The molecule has 86 valence electrons. The molecule has 1 aromatic carbocycles. The van der Waals surface area contributed by atoms with Gasteiger partial charge in [-0.15, -0.1) is 5.73 Å². The first kappa shape index (κ1) is 12.7. The van der Waals surface area contributed by atoms with Gasteiger partial charge in [0.2, 0.25) is 10.0 Å². The lowest BCUT2D eigenvalue weighted by molar-refractivity contribution is 0.577. The van der Waals surface area contributed by atoms with Crippen LogP contribution in [-0.4, -0.2) is 14.7 Å². The van der Waals surface area contributed by atoms with Crippen LogP contribution in [-0.2, 0) is 10.0 Å². The lowest BCUT2D eigenvalue weighted by Crippen LogP contribution is -2.28. The van der Waals surface area contributed by atoms with Crippen molar-refractivity contribution in [1.82, 2.24) is 4.72 Å². The molecule has 0 amide bonds. The zero-order valence-electron chi connectivity index (χ0n) is 9.40. The molecule has 0 aliphatic heterocycles. The molecule has 0 fully saturated rings. The van der Waals surface area contributed by atoms with Crippen molar-refractivity contribution >= 4 is 10.0 Å². The summed E-state index contributed by atoms with van der Waals surface area (Å²) in [5, 5.41) is 0. The largest absolute Gasteiger partial charge is 0.213 e. The third-order valence-corrected chi connectivity index (χ3v) is 2.84. The molecule has 1 aromatic rings. The predicted octanol–water partition coefficient (Wildman–Crippen LogP) is 2.01. The second kappa shape index (κ2) is 5.12. The van der Waals surface area contributed by atoms with Crippen molar-refractivity contribution in [2.45, 2.75) is 13.0 Å². The van der Waals surface area contributed by atoms with Gasteiger partial charge in [-0.1, -0.05) is 36.9 Å². The van der Waals surface area contributed by atoms with E-state index in [9.17, 15) is 8.42 Å². The molecule has 3 nitrogen and oxygen atoms in total. The zero-order chi connectivity index (χ0) is 12.2. The summed E-state index contributed by atoms with van der Waals surface area (Å²) < 4.78 is 25.1. The maximum Gasteiger partial charge on any atom is 0.209 e. The summed E-state index contributed by atoms with van der Waals surface area (Å²) >= 11 is 0. The van der Waals surface area contributed by atoms with Crippen molar-refractivity contribution in [3.8, 4) is 0 Å². The van der Waals surface area contributed by atoms with Gasteiger partial charge in [0.25, 0.3) is 0 Å². The predicted molar refractivity (Wildman–Crippen MR) is 65.5 cm³/mol. The first-order chi connectivity index (χ1) is 7.44. The molecule has 0 radical (unpaired) electrons. The van der Waals surface area contributed by atoms with Crippen molar-refractivity contribution in [3.63, 3.8) is 0 Å². The molecule has 0 spiro atoms. The summed E-state index contributed by atoms with van der Waals surface area (Å²) in [6.45, 7) is 5.33. The molecule has 16 heavy (non-hydrogen) atoms. The van der Waals surface area contributed by atoms with Gasteiger partial charge < -0.3 is 0 Å². The number of nitrogens with one attached hydrogen (secondary N) is 1. The Morgan fingerprint density at radius 3 is 2.38 bits per heavy atom. The van der Waals surface area contributed by atoms with Crippen LogP contribution >= 0.6 is 0 Å². The first-order valence-electron chi connectivity index (χ1n) is 4.83. The quantitative estimate of drug-likeness (QED) is 0.814. The van der Waals surface area contributed by atoms with Gasteiger partial charge in [0.05, 0.1) is 12.3 Å². The highest BCUT2D eigenvalue weighted by Crippen LogP contribution is 2.20. The summed E-state index contributed by atoms with van der Waals surface area (Å²) in [5.74, 6) is 0. The van der Waals surface area contributed by atoms with Gasteiger partial charge in [-0.25, -0.2) is 13.1 Å². The minimum atomic E-state index is -3.27. The number of hydrogen-bond donors (Lipinski definition) is 1. The van der Waals surface area contributed by atoms with Crippen molar-refractivity contribution in [2.75, 3.05) is 6.26 Å². The summed E-state index contributed by atoms with van der Waals surface area (Å²) in [7, 11) is -3.27. The van der Waals surface area contributed by atoms with Crippen molar-refractivity contribution in [2.24, 2.45) is 0 Å². The monoisotopic (exact) mass is 237 g/mol. The highest BCUT2D eigenvalue weighted by Gasteiger charge is 2.17. The third kappa shape index (κ3) is 3.66. The van der Waals surface area contributed by atoms with Gasteiger partial charge in [0, 0.05) is 0 Å². The van der Waals surface area contributed by atoms with Crippen LogP contribution in [0.1, 0.15) is 18.5 Å². The minimum Gasteiger partial charge on any atom is -0.213 e. The number of hydrogen-bond acceptors (Lipinski definition) is 2. The van der Waals surface area contributed by atoms with Crippen LogP contribution in [0.15, 0.2) is 48.2 Å². The molecule has 0 heterocycles. The van der Waals surface area contributed by atoms with E-state index in [1.54, 1.807) is 6.92 Å². The maximum absolute atomic E-state index is 11.3. The molecule has 1 unspecified atom stereocenters.